The van der Waals surface area contributed by atoms with Crippen molar-refractivity contribution in [2.75, 3.05) is 7.11 Å². The molecule has 1 aliphatic heterocycles. The van der Waals surface area contributed by atoms with E-state index >= 15 is 0 Å². The SMILES string of the molecule is COC(=O)C1=C(C)N(Cc2ccc(F)cc2)C(=S)NC1c1cccc(Br)c1. The van der Waals surface area contributed by atoms with Crippen molar-refractivity contribution in [1.82, 2.24) is 10.2 Å². The molecule has 7 heteroatoms. The minimum atomic E-state index is -0.420. The van der Waals surface area contributed by atoms with Crippen LogP contribution in [0.3, 0.4) is 0 Å². The molecule has 2 aromatic carbocycles. The third-order valence-electron chi connectivity index (χ3n) is 4.44. The first kappa shape index (κ1) is 19.5. The van der Waals surface area contributed by atoms with E-state index < -0.39 is 12.0 Å². The second kappa shape index (κ2) is 8.19. The average molecular weight is 449 g/mol. The fourth-order valence-electron chi connectivity index (χ4n) is 3.05. The number of benzene rings is 2. The van der Waals surface area contributed by atoms with E-state index in [2.05, 4.69) is 21.2 Å². The van der Waals surface area contributed by atoms with Gasteiger partial charge in [0, 0.05) is 16.7 Å². The number of hydrogen-bond donors (Lipinski definition) is 1. The van der Waals surface area contributed by atoms with Gasteiger partial charge in [0.15, 0.2) is 5.11 Å². The van der Waals surface area contributed by atoms with Crippen LogP contribution in [-0.4, -0.2) is 23.1 Å². The first-order chi connectivity index (χ1) is 12.9. The van der Waals surface area contributed by atoms with E-state index in [-0.39, 0.29) is 5.82 Å². The van der Waals surface area contributed by atoms with Crippen LogP contribution in [0.1, 0.15) is 24.1 Å². The van der Waals surface area contributed by atoms with Crippen LogP contribution in [0.2, 0.25) is 0 Å². The molecule has 0 fully saturated rings. The highest BCUT2D eigenvalue weighted by Gasteiger charge is 2.34. The number of nitrogens with one attached hydrogen (secondary N) is 1. The minimum Gasteiger partial charge on any atom is -0.466 e. The standard InChI is InChI=1S/C20H18BrFN2O2S/c1-12-17(19(25)26-2)18(14-4-3-5-15(21)10-14)23-20(27)24(12)11-13-6-8-16(22)9-7-13/h3-10,18H,11H2,1-2H3,(H,23,27). The molecule has 0 amide bonds. The van der Waals surface area contributed by atoms with Gasteiger partial charge in [-0.15, -0.1) is 0 Å². The molecular weight excluding hydrogens is 431 g/mol. The van der Waals surface area contributed by atoms with Gasteiger partial charge >= 0.3 is 5.97 Å². The average Bonchev–Trinajstić information content (AvgIpc) is 2.65. The lowest BCUT2D eigenvalue weighted by Gasteiger charge is -2.37. The molecule has 27 heavy (non-hydrogen) atoms. The molecule has 140 valence electrons. The molecule has 0 spiro atoms. The Kier molecular flexibility index (Phi) is 5.92. The lowest BCUT2D eigenvalue weighted by atomic mass is 9.95. The number of halogens is 2. The maximum atomic E-state index is 13.2. The van der Waals surface area contributed by atoms with Crippen molar-refractivity contribution in [3.05, 3.63) is 81.2 Å². The first-order valence-electron chi connectivity index (χ1n) is 8.27. The van der Waals surface area contributed by atoms with Crippen molar-refractivity contribution in [3.8, 4) is 0 Å². The molecule has 0 aliphatic carbocycles. The molecule has 3 rings (SSSR count). The summed E-state index contributed by atoms with van der Waals surface area (Å²) in [6.07, 6.45) is 0. The number of thiocarbonyl (C=S) groups is 1. The largest absolute Gasteiger partial charge is 0.466 e. The van der Waals surface area contributed by atoms with E-state index in [1.807, 2.05) is 36.1 Å². The Balaban J connectivity index is 2.02. The van der Waals surface area contributed by atoms with E-state index in [1.165, 1.54) is 19.2 Å². The van der Waals surface area contributed by atoms with Gasteiger partial charge < -0.3 is 15.0 Å². The Bertz CT molecular complexity index is 914. The number of carbonyl (C=O) groups excluding carboxylic acids is 1. The number of methoxy groups -OCH3 is 1. The van der Waals surface area contributed by atoms with Gasteiger partial charge in [0.1, 0.15) is 5.82 Å². The van der Waals surface area contributed by atoms with Crippen LogP contribution in [-0.2, 0) is 16.1 Å². The van der Waals surface area contributed by atoms with Gasteiger partial charge in [-0.3, -0.25) is 0 Å². The van der Waals surface area contributed by atoms with Gasteiger partial charge in [0.25, 0.3) is 0 Å². The van der Waals surface area contributed by atoms with E-state index in [1.54, 1.807) is 12.1 Å². The summed E-state index contributed by atoms with van der Waals surface area (Å²) in [5, 5.41) is 3.74. The van der Waals surface area contributed by atoms with E-state index in [0.29, 0.717) is 22.9 Å². The van der Waals surface area contributed by atoms with Crippen LogP contribution < -0.4 is 5.32 Å². The molecule has 0 bridgehead atoms. The molecule has 2 aromatic rings. The Hall–Kier alpha value is -2.25. The second-order valence-electron chi connectivity index (χ2n) is 6.14. The van der Waals surface area contributed by atoms with Crippen molar-refractivity contribution in [2.45, 2.75) is 19.5 Å². The van der Waals surface area contributed by atoms with Crippen LogP contribution in [0.5, 0.6) is 0 Å². The number of rotatable bonds is 4. The lowest BCUT2D eigenvalue weighted by molar-refractivity contribution is -0.136. The Morgan fingerprint density at radius 3 is 2.63 bits per heavy atom. The smallest absolute Gasteiger partial charge is 0.337 e. The highest BCUT2D eigenvalue weighted by Crippen LogP contribution is 2.33. The highest BCUT2D eigenvalue weighted by atomic mass is 79.9. The third-order valence-corrected chi connectivity index (χ3v) is 5.27. The quantitative estimate of drug-likeness (QED) is 0.551. The zero-order chi connectivity index (χ0) is 19.6. The lowest BCUT2D eigenvalue weighted by Crippen LogP contribution is -2.47. The minimum absolute atomic E-state index is 0.296. The van der Waals surface area contributed by atoms with E-state index in [9.17, 15) is 9.18 Å². The molecule has 1 atom stereocenters. The molecule has 1 aliphatic rings. The molecule has 0 radical (unpaired) electrons. The summed E-state index contributed by atoms with van der Waals surface area (Å²) in [7, 11) is 1.36. The topological polar surface area (TPSA) is 41.6 Å². The molecule has 1 N–H and O–H groups in total. The molecule has 1 heterocycles. The van der Waals surface area contributed by atoms with E-state index in [0.717, 1.165) is 15.6 Å². The van der Waals surface area contributed by atoms with Gasteiger partial charge in [-0.25, -0.2) is 9.18 Å². The summed E-state index contributed by atoms with van der Waals surface area (Å²) in [5.41, 5.74) is 2.98. The van der Waals surface area contributed by atoms with Crippen LogP contribution in [0.25, 0.3) is 0 Å². The Morgan fingerprint density at radius 1 is 1.30 bits per heavy atom. The van der Waals surface area contributed by atoms with Crippen molar-refractivity contribution >= 4 is 39.2 Å². The van der Waals surface area contributed by atoms with Crippen molar-refractivity contribution < 1.29 is 13.9 Å². The van der Waals surface area contributed by atoms with Gasteiger partial charge in [-0.2, -0.15) is 0 Å². The van der Waals surface area contributed by atoms with Crippen LogP contribution >= 0.6 is 28.1 Å². The molecule has 1 unspecified atom stereocenters. The Labute approximate surface area is 171 Å². The molecule has 0 saturated carbocycles. The number of carbonyl (C=O) groups is 1. The number of ether oxygens (including phenoxy) is 1. The van der Waals surface area contributed by atoms with Crippen LogP contribution in [0.4, 0.5) is 4.39 Å². The second-order valence-corrected chi connectivity index (χ2v) is 7.44. The zero-order valence-electron chi connectivity index (χ0n) is 14.8. The maximum absolute atomic E-state index is 13.2. The number of hydrogen-bond acceptors (Lipinski definition) is 3. The summed E-state index contributed by atoms with van der Waals surface area (Å²) < 4.78 is 19.1. The third kappa shape index (κ3) is 4.20. The summed E-state index contributed by atoms with van der Waals surface area (Å²) >= 11 is 9.02. The van der Waals surface area contributed by atoms with Gasteiger partial charge in [-0.1, -0.05) is 40.2 Å². The van der Waals surface area contributed by atoms with Crippen LogP contribution in [0, 0.1) is 5.82 Å². The monoisotopic (exact) mass is 448 g/mol. The Morgan fingerprint density at radius 2 is 2.00 bits per heavy atom. The van der Waals surface area contributed by atoms with Gasteiger partial charge in [0.05, 0.1) is 18.7 Å². The van der Waals surface area contributed by atoms with Crippen molar-refractivity contribution in [2.24, 2.45) is 0 Å². The maximum Gasteiger partial charge on any atom is 0.337 e. The fourth-order valence-corrected chi connectivity index (χ4v) is 3.79. The molecule has 4 nitrogen and oxygen atoms in total. The fraction of sp³-hybridized carbons (Fsp3) is 0.200. The predicted molar refractivity (Wildman–Crippen MR) is 109 cm³/mol. The molecular formula is C20H18BrFN2O2S. The summed E-state index contributed by atoms with van der Waals surface area (Å²) in [6.45, 7) is 2.26. The number of esters is 1. The normalized spacial score (nSPS) is 17.0. The first-order valence-corrected chi connectivity index (χ1v) is 9.48. The molecule has 0 aromatic heterocycles. The summed E-state index contributed by atoms with van der Waals surface area (Å²) in [6, 6.07) is 13.5. The van der Waals surface area contributed by atoms with E-state index in [4.69, 9.17) is 17.0 Å². The number of nitrogens with zero attached hydrogens (tertiary/aromatic N) is 1. The summed E-state index contributed by atoms with van der Waals surface area (Å²) in [5.74, 6) is -0.716. The van der Waals surface area contributed by atoms with Crippen molar-refractivity contribution in [1.29, 1.82) is 0 Å². The molecule has 0 saturated heterocycles. The summed E-state index contributed by atoms with van der Waals surface area (Å²) in [4.78, 5) is 14.4. The van der Waals surface area contributed by atoms with Gasteiger partial charge in [-0.05, 0) is 54.5 Å². The number of allylic oxidation sites excluding steroid dienone is 1. The van der Waals surface area contributed by atoms with Crippen LogP contribution in [0.15, 0.2) is 64.3 Å². The zero-order valence-corrected chi connectivity index (χ0v) is 17.2. The van der Waals surface area contributed by atoms with Gasteiger partial charge in [0.2, 0.25) is 0 Å². The predicted octanol–water partition coefficient (Wildman–Crippen LogP) is 4.47. The van der Waals surface area contributed by atoms with Crippen molar-refractivity contribution in [3.63, 3.8) is 0 Å². The highest BCUT2D eigenvalue weighted by molar-refractivity contribution is 9.10.